The number of nitrogens with zero attached hydrogens (tertiary/aromatic N) is 1. The average molecular weight is 194 g/mol. The molecular weight excluding hydrogens is 180 g/mol. The molecule has 2 nitrogen and oxygen atoms in total. The first-order valence-corrected chi connectivity index (χ1v) is 5.71. The van der Waals surface area contributed by atoms with E-state index in [-0.39, 0.29) is 0 Å². The Labute approximate surface area is 83.1 Å². The van der Waals surface area contributed by atoms with Crippen LogP contribution < -0.4 is 5.32 Å². The Morgan fingerprint density at radius 3 is 3.31 bits per heavy atom. The third kappa shape index (κ3) is 2.71. The van der Waals surface area contributed by atoms with E-state index >= 15 is 0 Å². The molecule has 0 saturated carbocycles. The van der Waals surface area contributed by atoms with Crippen molar-refractivity contribution in [2.75, 3.05) is 13.1 Å². The fourth-order valence-electron chi connectivity index (χ4n) is 1.47. The zero-order valence-electron chi connectivity index (χ0n) is 7.57. The minimum absolute atomic E-state index is 0.806. The summed E-state index contributed by atoms with van der Waals surface area (Å²) in [6.45, 7) is 2.36. The summed E-state index contributed by atoms with van der Waals surface area (Å²) in [6.07, 6.45) is 5.09. The third-order valence-corrected chi connectivity index (χ3v) is 3.60. The van der Waals surface area contributed by atoms with Crippen LogP contribution in [0.25, 0.3) is 0 Å². The molecule has 70 valence electrons. The fraction of sp³-hybridized carbons (Fsp3) is 0.500. The number of thioether (sulfide) groups is 1. The molecule has 2 heterocycles. The maximum atomic E-state index is 4.10. The van der Waals surface area contributed by atoms with Crippen molar-refractivity contribution in [3.05, 3.63) is 30.1 Å². The van der Waals surface area contributed by atoms with Crippen LogP contribution in [0.3, 0.4) is 0 Å². The Balaban J connectivity index is 1.79. The van der Waals surface area contributed by atoms with Crippen LogP contribution in [-0.4, -0.2) is 23.3 Å². The first kappa shape index (κ1) is 9.03. The van der Waals surface area contributed by atoms with E-state index in [2.05, 4.69) is 16.4 Å². The molecule has 1 atom stereocenters. The van der Waals surface area contributed by atoms with Gasteiger partial charge < -0.3 is 5.32 Å². The van der Waals surface area contributed by atoms with Gasteiger partial charge in [0.1, 0.15) is 0 Å². The van der Waals surface area contributed by atoms with Gasteiger partial charge in [-0.1, -0.05) is 6.07 Å². The normalized spacial score (nSPS) is 22.0. The van der Waals surface area contributed by atoms with E-state index in [4.69, 9.17) is 0 Å². The number of aromatic nitrogens is 1. The van der Waals surface area contributed by atoms with Gasteiger partial charge in [0.15, 0.2) is 0 Å². The molecule has 13 heavy (non-hydrogen) atoms. The van der Waals surface area contributed by atoms with Crippen molar-refractivity contribution in [2.45, 2.75) is 17.4 Å². The van der Waals surface area contributed by atoms with Crippen LogP contribution in [0.4, 0.5) is 0 Å². The number of nitrogens with one attached hydrogen (secondary N) is 1. The molecule has 0 amide bonds. The summed E-state index contributed by atoms with van der Waals surface area (Å²) in [5, 5.41) is 4.18. The smallest absolute Gasteiger partial charge is 0.0308 e. The van der Waals surface area contributed by atoms with Gasteiger partial charge in [0.25, 0.3) is 0 Å². The van der Waals surface area contributed by atoms with E-state index in [1.165, 1.54) is 25.1 Å². The lowest BCUT2D eigenvalue weighted by molar-refractivity contribution is 0.858. The second kappa shape index (κ2) is 4.63. The van der Waals surface area contributed by atoms with Crippen LogP contribution in [0.15, 0.2) is 24.5 Å². The molecular formula is C10H14N2S. The van der Waals surface area contributed by atoms with Crippen molar-refractivity contribution in [3.8, 4) is 0 Å². The summed E-state index contributed by atoms with van der Waals surface area (Å²) in [4.78, 5) is 4.10. The molecule has 1 N–H and O–H groups in total. The van der Waals surface area contributed by atoms with E-state index < -0.39 is 0 Å². The van der Waals surface area contributed by atoms with Gasteiger partial charge in [-0.15, -0.1) is 0 Å². The predicted molar refractivity (Wildman–Crippen MR) is 56.8 cm³/mol. The molecule has 1 fully saturated rings. The Hall–Kier alpha value is -0.540. The summed E-state index contributed by atoms with van der Waals surface area (Å²) >= 11 is 2.03. The van der Waals surface area contributed by atoms with Gasteiger partial charge in [-0.05, 0) is 24.6 Å². The topological polar surface area (TPSA) is 24.9 Å². The SMILES string of the molecule is c1cncc(CS[C@H]2CCNC2)c1. The van der Waals surface area contributed by atoms with Crippen molar-refractivity contribution in [1.29, 1.82) is 0 Å². The molecule has 3 heteroatoms. The predicted octanol–water partition coefficient (Wildman–Crippen LogP) is 1.68. The number of pyridine rings is 1. The summed E-state index contributed by atoms with van der Waals surface area (Å²) in [6, 6.07) is 4.14. The van der Waals surface area contributed by atoms with Crippen LogP contribution in [0.5, 0.6) is 0 Å². The summed E-state index contributed by atoms with van der Waals surface area (Å²) < 4.78 is 0. The number of rotatable bonds is 3. The summed E-state index contributed by atoms with van der Waals surface area (Å²) in [5.74, 6) is 1.10. The van der Waals surface area contributed by atoms with Gasteiger partial charge in [0, 0.05) is 29.9 Å². The molecule has 0 spiro atoms. The Morgan fingerprint density at radius 1 is 1.62 bits per heavy atom. The highest BCUT2D eigenvalue weighted by atomic mass is 32.2. The highest BCUT2D eigenvalue weighted by molar-refractivity contribution is 7.99. The van der Waals surface area contributed by atoms with E-state index in [9.17, 15) is 0 Å². The Morgan fingerprint density at radius 2 is 2.62 bits per heavy atom. The second-order valence-corrected chi connectivity index (χ2v) is 4.58. The summed E-state index contributed by atoms with van der Waals surface area (Å²) in [5.41, 5.74) is 1.33. The molecule has 0 aromatic carbocycles. The van der Waals surface area contributed by atoms with Gasteiger partial charge in [-0.2, -0.15) is 11.8 Å². The molecule has 0 radical (unpaired) electrons. The monoisotopic (exact) mass is 194 g/mol. The highest BCUT2D eigenvalue weighted by Crippen LogP contribution is 2.21. The molecule has 1 aromatic heterocycles. The number of hydrogen-bond donors (Lipinski definition) is 1. The van der Waals surface area contributed by atoms with E-state index in [0.717, 1.165) is 11.0 Å². The largest absolute Gasteiger partial charge is 0.316 e. The zero-order valence-corrected chi connectivity index (χ0v) is 8.39. The Bertz CT molecular complexity index is 244. The molecule has 1 aliphatic heterocycles. The minimum atomic E-state index is 0.806. The zero-order chi connectivity index (χ0) is 8.93. The highest BCUT2D eigenvalue weighted by Gasteiger charge is 2.14. The van der Waals surface area contributed by atoms with Crippen molar-refractivity contribution < 1.29 is 0 Å². The molecule has 0 aliphatic carbocycles. The summed E-state index contributed by atoms with van der Waals surface area (Å²) in [7, 11) is 0. The molecule has 1 aromatic rings. The lowest BCUT2D eigenvalue weighted by Crippen LogP contribution is -2.10. The van der Waals surface area contributed by atoms with Gasteiger partial charge in [-0.25, -0.2) is 0 Å². The van der Waals surface area contributed by atoms with Crippen LogP contribution >= 0.6 is 11.8 Å². The minimum Gasteiger partial charge on any atom is -0.316 e. The van der Waals surface area contributed by atoms with Crippen LogP contribution in [-0.2, 0) is 5.75 Å². The second-order valence-electron chi connectivity index (χ2n) is 3.29. The molecule has 1 aliphatic rings. The van der Waals surface area contributed by atoms with Crippen LogP contribution in [0, 0.1) is 0 Å². The first-order valence-electron chi connectivity index (χ1n) is 4.66. The van der Waals surface area contributed by atoms with Crippen molar-refractivity contribution in [3.63, 3.8) is 0 Å². The van der Waals surface area contributed by atoms with E-state index in [0.29, 0.717) is 0 Å². The molecule has 0 unspecified atom stereocenters. The average Bonchev–Trinajstić information content (AvgIpc) is 2.69. The van der Waals surface area contributed by atoms with E-state index in [1.807, 2.05) is 30.2 Å². The Kier molecular flexibility index (Phi) is 3.22. The van der Waals surface area contributed by atoms with Gasteiger partial charge in [-0.3, -0.25) is 4.98 Å². The molecule has 1 saturated heterocycles. The van der Waals surface area contributed by atoms with Gasteiger partial charge in [0.05, 0.1) is 0 Å². The molecule has 0 bridgehead atoms. The van der Waals surface area contributed by atoms with E-state index in [1.54, 1.807) is 0 Å². The van der Waals surface area contributed by atoms with Crippen molar-refractivity contribution in [1.82, 2.24) is 10.3 Å². The number of hydrogen-bond acceptors (Lipinski definition) is 3. The quantitative estimate of drug-likeness (QED) is 0.792. The van der Waals surface area contributed by atoms with Crippen LogP contribution in [0.1, 0.15) is 12.0 Å². The maximum Gasteiger partial charge on any atom is 0.0308 e. The standard InChI is InChI=1S/C10H14N2S/c1-2-9(6-11-4-1)8-13-10-3-5-12-7-10/h1-2,4,6,10,12H,3,5,7-8H2/t10-/m0/s1. The van der Waals surface area contributed by atoms with Crippen LogP contribution in [0.2, 0.25) is 0 Å². The molecule has 2 rings (SSSR count). The lowest BCUT2D eigenvalue weighted by atomic mass is 10.3. The first-order chi connectivity index (χ1) is 6.45. The lowest BCUT2D eigenvalue weighted by Gasteiger charge is -2.06. The fourth-order valence-corrected chi connectivity index (χ4v) is 2.59. The van der Waals surface area contributed by atoms with Gasteiger partial charge in [0.2, 0.25) is 0 Å². The maximum absolute atomic E-state index is 4.10. The van der Waals surface area contributed by atoms with Gasteiger partial charge >= 0.3 is 0 Å². The van der Waals surface area contributed by atoms with Crippen molar-refractivity contribution in [2.24, 2.45) is 0 Å². The van der Waals surface area contributed by atoms with Crippen molar-refractivity contribution >= 4 is 11.8 Å². The third-order valence-electron chi connectivity index (χ3n) is 2.22.